The maximum atomic E-state index is 13.5. The van der Waals surface area contributed by atoms with E-state index < -0.39 is 29.7 Å². The zero-order valence-electron chi connectivity index (χ0n) is 12.7. The molecule has 1 heterocycles. The Morgan fingerprint density at radius 1 is 1.08 bits per heavy atom. The number of hydrogen-bond acceptors (Lipinski definition) is 3. The van der Waals surface area contributed by atoms with Crippen molar-refractivity contribution >= 4 is 12.4 Å². The molecule has 0 aromatic heterocycles. The molecule has 1 aliphatic heterocycles. The molecule has 0 amide bonds. The van der Waals surface area contributed by atoms with E-state index in [-0.39, 0.29) is 31.1 Å². The predicted octanol–water partition coefficient (Wildman–Crippen LogP) is 3.64. The molecule has 0 saturated carbocycles. The van der Waals surface area contributed by atoms with Gasteiger partial charge in [-0.3, -0.25) is 4.90 Å². The Balaban J connectivity index is 0.00000288. The molecule has 10 heteroatoms. The van der Waals surface area contributed by atoms with Crippen molar-refractivity contribution in [1.82, 2.24) is 10.2 Å². The van der Waals surface area contributed by atoms with E-state index in [0.29, 0.717) is 25.2 Å². The number of halogens is 7. The van der Waals surface area contributed by atoms with Crippen LogP contribution in [0.2, 0.25) is 0 Å². The maximum absolute atomic E-state index is 13.5. The van der Waals surface area contributed by atoms with Crippen molar-refractivity contribution in [2.45, 2.75) is 18.4 Å². The van der Waals surface area contributed by atoms with E-state index in [1.807, 2.05) is 0 Å². The van der Waals surface area contributed by atoms with E-state index in [1.54, 1.807) is 0 Å². The van der Waals surface area contributed by atoms with Crippen LogP contribution < -0.4 is 10.1 Å². The average molecular weight is 379 g/mol. The summed E-state index contributed by atoms with van der Waals surface area (Å²) in [6.07, 6.45) is -9.26. The van der Waals surface area contributed by atoms with Crippen LogP contribution in [0.15, 0.2) is 18.2 Å². The predicted molar refractivity (Wildman–Crippen MR) is 78.5 cm³/mol. The van der Waals surface area contributed by atoms with Gasteiger partial charge in [0.05, 0.1) is 12.7 Å². The molecule has 3 nitrogen and oxygen atoms in total. The van der Waals surface area contributed by atoms with E-state index in [9.17, 15) is 26.3 Å². The fourth-order valence-corrected chi connectivity index (χ4v) is 2.63. The van der Waals surface area contributed by atoms with Crippen LogP contribution in [0.4, 0.5) is 26.3 Å². The molecule has 24 heavy (non-hydrogen) atoms. The first kappa shape index (κ1) is 20.9. The first-order valence-electron chi connectivity index (χ1n) is 6.91. The molecule has 1 aromatic rings. The molecule has 1 saturated heterocycles. The van der Waals surface area contributed by atoms with Gasteiger partial charge in [0.1, 0.15) is 11.8 Å². The minimum atomic E-state index is -4.64. The van der Waals surface area contributed by atoms with Gasteiger partial charge in [0, 0.05) is 31.7 Å². The highest BCUT2D eigenvalue weighted by atomic mass is 35.5. The summed E-state index contributed by atoms with van der Waals surface area (Å²) >= 11 is 0. The highest BCUT2D eigenvalue weighted by Crippen LogP contribution is 2.43. The standard InChI is InChI=1S/C14H16F6N2O.ClH/c1-23-11-8-9(13(15,16)17)2-3-10(11)12(14(18,19)20)22-6-4-21-5-7-22;/h2-3,8,12,21H,4-7H2,1H3;1H/t12-;/m1./s1. The fraction of sp³-hybridized carbons (Fsp3) is 0.571. The number of rotatable bonds is 3. The molecule has 1 fully saturated rings. The van der Waals surface area contributed by atoms with Crippen molar-refractivity contribution < 1.29 is 31.1 Å². The Bertz CT molecular complexity index is 543. The van der Waals surface area contributed by atoms with Gasteiger partial charge in [-0.05, 0) is 12.1 Å². The molecule has 1 aromatic carbocycles. The van der Waals surface area contributed by atoms with E-state index in [0.717, 1.165) is 13.2 Å². The van der Waals surface area contributed by atoms with Crippen LogP contribution in [0.3, 0.4) is 0 Å². The van der Waals surface area contributed by atoms with Crippen molar-refractivity contribution in [3.8, 4) is 5.75 Å². The topological polar surface area (TPSA) is 24.5 Å². The summed E-state index contributed by atoms with van der Waals surface area (Å²) in [6, 6.07) is 0.110. The summed E-state index contributed by atoms with van der Waals surface area (Å²) in [5, 5.41) is 2.94. The molecule has 0 aliphatic carbocycles. The maximum Gasteiger partial charge on any atom is 0.416 e. The van der Waals surface area contributed by atoms with Crippen LogP contribution >= 0.6 is 12.4 Å². The lowest BCUT2D eigenvalue weighted by molar-refractivity contribution is -0.188. The lowest BCUT2D eigenvalue weighted by Crippen LogP contribution is -2.49. The molecule has 138 valence electrons. The highest BCUT2D eigenvalue weighted by molar-refractivity contribution is 5.85. The Kier molecular flexibility index (Phi) is 6.77. The van der Waals surface area contributed by atoms with Gasteiger partial charge in [0.2, 0.25) is 0 Å². The SMILES string of the molecule is COc1cc(C(F)(F)F)ccc1[C@@H](N1CCNCC1)C(F)(F)F.Cl. The van der Waals surface area contributed by atoms with Crippen molar-refractivity contribution in [3.05, 3.63) is 29.3 Å². The van der Waals surface area contributed by atoms with Crippen molar-refractivity contribution in [2.24, 2.45) is 0 Å². The van der Waals surface area contributed by atoms with Crippen LogP contribution in [0.5, 0.6) is 5.75 Å². The molecule has 1 aliphatic rings. The van der Waals surface area contributed by atoms with Crippen molar-refractivity contribution in [3.63, 3.8) is 0 Å². The summed E-state index contributed by atoms with van der Waals surface area (Å²) in [4.78, 5) is 1.20. The lowest BCUT2D eigenvalue weighted by atomic mass is 10.0. The molecule has 0 unspecified atom stereocenters. The second kappa shape index (κ2) is 7.79. The quantitative estimate of drug-likeness (QED) is 0.813. The van der Waals surface area contributed by atoms with Gasteiger partial charge >= 0.3 is 12.4 Å². The molecular weight excluding hydrogens is 362 g/mol. The second-order valence-corrected chi connectivity index (χ2v) is 5.18. The van der Waals surface area contributed by atoms with Gasteiger partial charge in [0.15, 0.2) is 0 Å². The summed E-state index contributed by atoms with van der Waals surface area (Å²) in [6.45, 7) is 1.06. The number of alkyl halides is 6. The van der Waals surface area contributed by atoms with Gasteiger partial charge < -0.3 is 10.1 Å². The largest absolute Gasteiger partial charge is 0.496 e. The molecular formula is C14H17ClF6N2O. The smallest absolute Gasteiger partial charge is 0.416 e. The number of nitrogens with one attached hydrogen (secondary N) is 1. The van der Waals surface area contributed by atoms with Gasteiger partial charge in [-0.1, -0.05) is 6.07 Å². The normalized spacial score (nSPS) is 18.0. The monoisotopic (exact) mass is 378 g/mol. The number of nitrogens with zero attached hydrogens (tertiary/aromatic N) is 1. The highest BCUT2D eigenvalue weighted by Gasteiger charge is 2.46. The Morgan fingerprint density at radius 2 is 1.67 bits per heavy atom. The van der Waals surface area contributed by atoms with Gasteiger partial charge in [-0.15, -0.1) is 12.4 Å². The van der Waals surface area contributed by atoms with Crippen LogP contribution in [0, 0.1) is 0 Å². The van der Waals surface area contributed by atoms with Crippen LogP contribution in [-0.2, 0) is 6.18 Å². The minimum absolute atomic E-state index is 0. The summed E-state index contributed by atoms with van der Waals surface area (Å²) < 4.78 is 83.5. The van der Waals surface area contributed by atoms with Crippen LogP contribution in [0.1, 0.15) is 17.2 Å². The van der Waals surface area contributed by atoms with Crippen LogP contribution in [0.25, 0.3) is 0 Å². The summed E-state index contributed by atoms with van der Waals surface area (Å²) in [5.41, 5.74) is -1.35. The van der Waals surface area contributed by atoms with E-state index in [4.69, 9.17) is 4.74 Å². The van der Waals surface area contributed by atoms with E-state index >= 15 is 0 Å². The summed E-state index contributed by atoms with van der Waals surface area (Å²) in [5.74, 6) is -0.416. The first-order chi connectivity index (χ1) is 10.6. The second-order valence-electron chi connectivity index (χ2n) is 5.18. The third-order valence-corrected chi connectivity index (χ3v) is 3.68. The Labute approximate surface area is 141 Å². The number of piperazine rings is 1. The molecule has 0 radical (unpaired) electrons. The van der Waals surface area contributed by atoms with Crippen LogP contribution in [-0.4, -0.2) is 44.4 Å². The molecule has 2 rings (SSSR count). The van der Waals surface area contributed by atoms with E-state index in [1.165, 1.54) is 4.90 Å². The number of methoxy groups -OCH3 is 1. The zero-order valence-corrected chi connectivity index (χ0v) is 13.5. The number of hydrogen-bond donors (Lipinski definition) is 1. The molecule has 1 N–H and O–H groups in total. The van der Waals surface area contributed by atoms with Crippen molar-refractivity contribution in [1.29, 1.82) is 0 Å². The van der Waals surface area contributed by atoms with Gasteiger partial charge in [-0.2, -0.15) is 26.3 Å². The van der Waals surface area contributed by atoms with Gasteiger partial charge in [-0.25, -0.2) is 0 Å². The number of benzene rings is 1. The number of ether oxygens (including phenoxy) is 1. The molecule has 0 bridgehead atoms. The summed E-state index contributed by atoms with van der Waals surface area (Å²) in [7, 11) is 1.06. The zero-order chi connectivity index (χ0) is 17.3. The first-order valence-corrected chi connectivity index (χ1v) is 6.91. The third kappa shape index (κ3) is 4.67. The lowest BCUT2D eigenvalue weighted by Gasteiger charge is -2.36. The molecule has 1 atom stereocenters. The Morgan fingerprint density at radius 3 is 2.12 bits per heavy atom. The Hall–Kier alpha value is -1.19. The average Bonchev–Trinajstić information content (AvgIpc) is 2.46. The third-order valence-electron chi connectivity index (χ3n) is 3.68. The van der Waals surface area contributed by atoms with Gasteiger partial charge in [0.25, 0.3) is 0 Å². The van der Waals surface area contributed by atoms with E-state index in [2.05, 4.69) is 5.32 Å². The minimum Gasteiger partial charge on any atom is -0.496 e. The fourth-order valence-electron chi connectivity index (χ4n) is 2.63. The molecule has 0 spiro atoms. The van der Waals surface area contributed by atoms with Crippen molar-refractivity contribution in [2.75, 3.05) is 33.3 Å².